The summed E-state index contributed by atoms with van der Waals surface area (Å²) in [7, 11) is 1.01. The van der Waals surface area contributed by atoms with Gasteiger partial charge in [0.05, 0.1) is 0 Å². The van der Waals surface area contributed by atoms with Crippen LogP contribution in [0.1, 0.15) is 26.7 Å². The molecule has 0 aromatic heterocycles. The Hall–Kier alpha value is -0.883. The summed E-state index contributed by atoms with van der Waals surface area (Å²) in [6.45, 7) is 3.16. The molecule has 0 radical (unpaired) electrons. The van der Waals surface area contributed by atoms with Crippen molar-refractivity contribution in [3.8, 4) is 0 Å². The maximum atomic E-state index is 10.7. The van der Waals surface area contributed by atoms with Gasteiger partial charge in [-0.1, -0.05) is 0 Å². The maximum absolute atomic E-state index is 10.7. The molecular weight excluding hydrogens is 216 g/mol. The summed E-state index contributed by atoms with van der Waals surface area (Å²) in [6.07, 6.45) is 1.18. The fourth-order valence-electron chi connectivity index (χ4n) is 1.01. The Labute approximate surface area is 92.5 Å². The van der Waals surface area contributed by atoms with Crippen molar-refractivity contribution in [2.24, 2.45) is 0 Å². The molecule has 0 unspecified atom stereocenters. The largest absolute Gasteiger partial charge is 0.425 e. The van der Waals surface area contributed by atoms with Gasteiger partial charge in [-0.3, -0.25) is 9.59 Å². The molecule has 0 N–H and O–H groups in total. The lowest BCUT2D eigenvalue weighted by molar-refractivity contribution is -0.186. The Morgan fingerprint density at radius 3 is 2.13 bits per heavy atom. The minimum atomic E-state index is -0.780. The van der Waals surface area contributed by atoms with Crippen LogP contribution in [0.3, 0.4) is 0 Å². The number of rotatable bonds is 7. The monoisotopic (exact) mass is 234 g/mol. The second-order valence-corrected chi connectivity index (χ2v) is 3.56. The molecular formula is C9H18O5Si. The van der Waals surface area contributed by atoms with Gasteiger partial charge in [-0.2, -0.15) is 0 Å². The highest BCUT2D eigenvalue weighted by molar-refractivity contribution is 6.08. The summed E-state index contributed by atoms with van der Waals surface area (Å²) in [5.41, 5.74) is 0. The number of esters is 2. The fraction of sp³-hybridized carbons (Fsp3) is 0.778. The van der Waals surface area contributed by atoms with Gasteiger partial charge in [-0.25, -0.2) is 0 Å². The van der Waals surface area contributed by atoms with Gasteiger partial charge < -0.3 is 14.2 Å². The van der Waals surface area contributed by atoms with E-state index in [1.165, 1.54) is 13.8 Å². The summed E-state index contributed by atoms with van der Waals surface area (Å²) in [5, 5.41) is 0. The molecule has 0 heterocycles. The number of carbonyl (C=O) groups is 2. The van der Waals surface area contributed by atoms with Crippen molar-refractivity contribution in [2.45, 2.75) is 33.0 Å². The van der Waals surface area contributed by atoms with E-state index >= 15 is 0 Å². The molecule has 0 aliphatic heterocycles. The SMILES string of the molecule is CC(=O)OC(CCCOC[SiH3])OC(C)=O. The Kier molecular flexibility index (Phi) is 7.93. The zero-order valence-corrected chi connectivity index (χ0v) is 11.4. The van der Waals surface area contributed by atoms with Crippen molar-refractivity contribution in [3.63, 3.8) is 0 Å². The molecule has 0 spiro atoms. The Bertz CT molecular complexity index is 191. The van der Waals surface area contributed by atoms with Crippen LogP contribution in [-0.2, 0) is 23.8 Å². The summed E-state index contributed by atoms with van der Waals surface area (Å²) >= 11 is 0. The van der Waals surface area contributed by atoms with Crippen LogP contribution in [0.15, 0.2) is 0 Å². The molecule has 0 saturated carbocycles. The predicted octanol–water partition coefficient (Wildman–Crippen LogP) is -0.442. The molecule has 6 heteroatoms. The van der Waals surface area contributed by atoms with E-state index in [4.69, 9.17) is 14.2 Å². The van der Waals surface area contributed by atoms with Crippen molar-refractivity contribution in [1.29, 1.82) is 0 Å². The van der Waals surface area contributed by atoms with Crippen LogP contribution >= 0.6 is 0 Å². The van der Waals surface area contributed by atoms with Gasteiger partial charge in [0.2, 0.25) is 6.29 Å². The first-order valence-corrected chi connectivity index (χ1v) is 6.39. The van der Waals surface area contributed by atoms with E-state index in [1.807, 2.05) is 0 Å². The highest BCUT2D eigenvalue weighted by Crippen LogP contribution is 2.05. The zero-order valence-electron chi connectivity index (χ0n) is 9.45. The first-order valence-electron chi connectivity index (χ1n) is 4.98. The summed E-state index contributed by atoms with van der Waals surface area (Å²) in [5.74, 6) is -0.907. The second-order valence-electron chi connectivity index (χ2n) is 2.99. The number of carbonyl (C=O) groups excluding carboxylic acids is 2. The van der Waals surface area contributed by atoms with E-state index in [1.54, 1.807) is 0 Å². The second kappa shape index (κ2) is 8.43. The first-order chi connectivity index (χ1) is 7.06. The van der Waals surface area contributed by atoms with Crippen molar-refractivity contribution >= 4 is 22.2 Å². The predicted molar refractivity (Wildman–Crippen MR) is 57.3 cm³/mol. The topological polar surface area (TPSA) is 61.8 Å². The number of hydrogen-bond donors (Lipinski definition) is 0. The third kappa shape index (κ3) is 9.42. The van der Waals surface area contributed by atoms with E-state index in [0.717, 1.165) is 16.5 Å². The Morgan fingerprint density at radius 2 is 1.73 bits per heavy atom. The molecule has 0 rings (SSSR count). The van der Waals surface area contributed by atoms with Crippen molar-refractivity contribution in [1.82, 2.24) is 0 Å². The van der Waals surface area contributed by atoms with Gasteiger partial charge in [0, 0.05) is 43.3 Å². The van der Waals surface area contributed by atoms with Gasteiger partial charge in [0.1, 0.15) is 0 Å². The summed E-state index contributed by atoms with van der Waals surface area (Å²) in [4.78, 5) is 21.4. The average molecular weight is 234 g/mol. The van der Waals surface area contributed by atoms with E-state index in [0.29, 0.717) is 19.4 Å². The summed E-state index contributed by atoms with van der Waals surface area (Å²) < 4.78 is 14.8. The molecule has 0 aromatic carbocycles. The van der Waals surface area contributed by atoms with Gasteiger partial charge >= 0.3 is 11.9 Å². The van der Waals surface area contributed by atoms with Gasteiger partial charge in [-0.15, -0.1) is 0 Å². The average Bonchev–Trinajstić information content (AvgIpc) is 2.10. The lowest BCUT2D eigenvalue weighted by Gasteiger charge is -2.16. The lowest BCUT2D eigenvalue weighted by atomic mass is 10.3. The molecule has 0 aliphatic carbocycles. The van der Waals surface area contributed by atoms with Crippen LogP contribution in [0, 0.1) is 0 Å². The normalized spacial score (nSPS) is 10.3. The highest BCUT2D eigenvalue weighted by Gasteiger charge is 2.14. The van der Waals surface area contributed by atoms with E-state index in [2.05, 4.69) is 0 Å². The van der Waals surface area contributed by atoms with E-state index in [9.17, 15) is 9.59 Å². The molecule has 0 saturated heterocycles. The Morgan fingerprint density at radius 1 is 1.20 bits per heavy atom. The highest BCUT2D eigenvalue weighted by atomic mass is 28.1. The fourth-order valence-corrected chi connectivity index (χ4v) is 1.30. The molecule has 88 valence electrons. The molecule has 0 fully saturated rings. The molecule has 5 nitrogen and oxygen atoms in total. The zero-order chi connectivity index (χ0) is 11.7. The minimum Gasteiger partial charge on any atom is -0.425 e. The van der Waals surface area contributed by atoms with E-state index < -0.39 is 18.2 Å². The lowest BCUT2D eigenvalue weighted by Crippen LogP contribution is -2.22. The van der Waals surface area contributed by atoms with Crippen LogP contribution in [-0.4, -0.2) is 41.3 Å². The molecule has 0 atom stereocenters. The maximum Gasteiger partial charge on any atom is 0.305 e. The van der Waals surface area contributed by atoms with Gasteiger partial charge in [-0.05, 0) is 6.42 Å². The standard InChI is InChI=1S/C9H18O5Si/c1-7(10)13-9(14-8(2)11)4-3-5-12-6-15/h9H,3-6H2,1-2,15H3. The van der Waals surface area contributed by atoms with Crippen LogP contribution in [0.2, 0.25) is 0 Å². The Balaban J connectivity index is 3.79. The molecule has 0 aromatic rings. The van der Waals surface area contributed by atoms with Crippen LogP contribution in [0.25, 0.3) is 0 Å². The smallest absolute Gasteiger partial charge is 0.305 e. The van der Waals surface area contributed by atoms with Crippen molar-refractivity contribution in [2.75, 3.05) is 12.8 Å². The van der Waals surface area contributed by atoms with Crippen LogP contribution in [0.4, 0.5) is 0 Å². The van der Waals surface area contributed by atoms with E-state index in [-0.39, 0.29) is 0 Å². The van der Waals surface area contributed by atoms with Gasteiger partial charge in [0.25, 0.3) is 0 Å². The molecule has 0 amide bonds. The van der Waals surface area contributed by atoms with Crippen molar-refractivity contribution < 1.29 is 23.8 Å². The quantitative estimate of drug-likeness (QED) is 0.259. The molecule has 0 bridgehead atoms. The minimum absolute atomic E-state index is 0.454. The molecule has 0 aliphatic rings. The summed E-state index contributed by atoms with van der Waals surface area (Å²) in [6, 6.07) is 0. The van der Waals surface area contributed by atoms with Crippen LogP contribution < -0.4 is 0 Å². The van der Waals surface area contributed by atoms with Gasteiger partial charge in [0.15, 0.2) is 0 Å². The molecule has 15 heavy (non-hydrogen) atoms. The first kappa shape index (κ1) is 14.1. The third-order valence-electron chi connectivity index (χ3n) is 1.53. The van der Waals surface area contributed by atoms with Crippen LogP contribution in [0.5, 0.6) is 0 Å². The number of ether oxygens (including phenoxy) is 3. The van der Waals surface area contributed by atoms with Crippen molar-refractivity contribution in [3.05, 3.63) is 0 Å². The number of hydrogen-bond acceptors (Lipinski definition) is 5. The third-order valence-corrected chi connectivity index (χ3v) is 1.94.